The average molecular weight is 366 g/mol. The Morgan fingerprint density at radius 2 is 1.80 bits per heavy atom. The van der Waals surface area contributed by atoms with E-state index in [0.29, 0.717) is 17.6 Å². The second-order valence-electron chi connectivity index (χ2n) is 6.02. The summed E-state index contributed by atoms with van der Waals surface area (Å²) in [7, 11) is 1.80. The molecule has 0 atom stereocenters. The van der Waals surface area contributed by atoms with Crippen molar-refractivity contribution < 1.29 is 4.74 Å². The lowest BCUT2D eigenvalue weighted by atomic mass is 10.2. The predicted octanol–water partition coefficient (Wildman–Crippen LogP) is 5.62. The van der Waals surface area contributed by atoms with Crippen molar-refractivity contribution in [2.24, 2.45) is 4.99 Å². The summed E-state index contributed by atoms with van der Waals surface area (Å²) in [4.78, 5) is 9.14. The number of benzene rings is 1. The molecule has 25 heavy (non-hydrogen) atoms. The van der Waals surface area contributed by atoms with Crippen molar-refractivity contribution in [2.75, 3.05) is 13.7 Å². The number of rotatable bonds is 7. The summed E-state index contributed by atoms with van der Waals surface area (Å²) in [6.07, 6.45) is 5.54. The minimum Gasteiger partial charge on any atom is -0.465 e. The van der Waals surface area contributed by atoms with E-state index in [2.05, 4.69) is 42.2 Å². The van der Waals surface area contributed by atoms with Crippen LogP contribution in [0.4, 0.5) is 0 Å². The van der Waals surface area contributed by atoms with E-state index in [9.17, 15) is 0 Å². The van der Waals surface area contributed by atoms with E-state index in [4.69, 9.17) is 16.3 Å². The van der Waals surface area contributed by atoms with Gasteiger partial charge in [-0.2, -0.15) is 4.98 Å². The number of aromatic nitrogens is 2. The fourth-order valence-corrected chi connectivity index (χ4v) is 2.53. The molecule has 1 aromatic heterocycles. The minimum atomic E-state index is 0.650. The highest BCUT2D eigenvalue weighted by atomic mass is 35.5. The molecule has 0 saturated heterocycles. The summed E-state index contributed by atoms with van der Waals surface area (Å²) in [5.41, 5.74) is 1.75. The normalized spacial score (nSPS) is 11.4. The van der Waals surface area contributed by atoms with Crippen LogP contribution >= 0.6 is 11.6 Å². The van der Waals surface area contributed by atoms with E-state index >= 15 is 0 Å². The van der Waals surface area contributed by atoms with Crippen LogP contribution in [0.2, 0.25) is 5.02 Å². The van der Waals surface area contributed by atoms with Gasteiger partial charge in [-0.3, -0.25) is 9.56 Å². The summed E-state index contributed by atoms with van der Waals surface area (Å²) in [5, 5.41) is 1.66. The lowest BCUT2D eigenvalue weighted by Gasteiger charge is -2.15. The third-order valence-electron chi connectivity index (χ3n) is 3.58. The van der Waals surface area contributed by atoms with Gasteiger partial charge in [0.2, 0.25) is 0 Å². The number of fused-ring (bicyclic) bond motifs is 1. The van der Waals surface area contributed by atoms with E-state index in [1.807, 2.05) is 18.2 Å². The highest BCUT2D eigenvalue weighted by Gasteiger charge is 2.11. The SMILES string of the molecule is CCC.CCCCOc1nc2ccc(Cl)cc2c(=NC)n1CCCC. The second kappa shape index (κ2) is 11.9. The van der Waals surface area contributed by atoms with Crippen molar-refractivity contribution in [1.29, 1.82) is 0 Å². The molecule has 0 radical (unpaired) electrons. The van der Waals surface area contributed by atoms with Crippen LogP contribution in [0, 0.1) is 0 Å². The summed E-state index contributed by atoms with van der Waals surface area (Å²) < 4.78 is 7.98. The molecule has 0 aliphatic carbocycles. The van der Waals surface area contributed by atoms with Gasteiger partial charge < -0.3 is 4.74 Å². The van der Waals surface area contributed by atoms with Gasteiger partial charge in [0, 0.05) is 24.0 Å². The number of hydrogen-bond donors (Lipinski definition) is 0. The van der Waals surface area contributed by atoms with Gasteiger partial charge in [0.05, 0.1) is 12.1 Å². The largest absolute Gasteiger partial charge is 0.465 e. The molecule has 5 heteroatoms. The molecule has 0 aliphatic rings. The standard InChI is InChI=1S/C17H24ClN3O.C3H8/c1-4-6-10-21-16(19-3)14-12-13(18)8-9-15(14)20-17(21)22-11-7-5-2;1-3-2/h8-9,12H,4-7,10-11H2,1-3H3;3H2,1-2H3. The van der Waals surface area contributed by atoms with Crippen LogP contribution in [0.15, 0.2) is 23.2 Å². The monoisotopic (exact) mass is 365 g/mol. The van der Waals surface area contributed by atoms with Crippen LogP contribution in [-0.4, -0.2) is 23.2 Å². The van der Waals surface area contributed by atoms with Crippen molar-refractivity contribution in [3.63, 3.8) is 0 Å². The van der Waals surface area contributed by atoms with Crippen LogP contribution in [0.1, 0.15) is 59.8 Å². The molecular formula is C20H32ClN3O. The Morgan fingerprint density at radius 3 is 2.40 bits per heavy atom. The molecule has 1 aromatic carbocycles. The number of nitrogens with zero attached hydrogens (tertiary/aromatic N) is 3. The lowest BCUT2D eigenvalue weighted by molar-refractivity contribution is 0.265. The Bertz CT molecular complexity index is 710. The molecule has 0 spiro atoms. The first-order chi connectivity index (χ1) is 12.1. The predicted molar refractivity (Wildman–Crippen MR) is 108 cm³/mol. The molecule has 1 heterocycles. The smallest absolute Gasteiger partial charge is 0.298 e. The maximum atomic E-state index is 6.14. The van der Waals surface area contributed by atoms with Crippen LogP contribution in [-0.2, 0) is 6.54 Å². The first kappa shape index (κ1) is 21.5. The zero-order valence-electron chi connectivity index (χ0n) is 16.3. The van der Waals surface area contributed by atoms with Gasteiger partial charge in [0.1, 0.15) is 5.49 Å². The van der Waals surface area contributed by atoms with E-state index in [1.165, 1.54) is 6.42 Å². The Labute approximate surface area is 156 Å². The quantitative estimate of drug-likeness (QED) is 0.597. The minimum absolute atomic E-state index is 0.650. The van der Waals surface area contributed by atoms with Gasteiger partial charge in [-0.05, 0) is 31.0 Å². The highest BCUT2D eigenvalue weighted by Crippen LogP contribution is 2.18. The van der Waals surface area contributed by atoms with Gasteiger partial charge in [-0.15, -0.1) is 0 Å². The molecule has 0 saturated carbocycles. The van der Waals surface area contributed by atoms with E-state index in [0.717, 1.165) is 48.6 Å². The van der Waals surface area contributed by atoms with Gasteiger partial charge in [-0.1, -0.05) is 58.6 Å². The van der Waals surface area contributed by atoms with Gasteiger partial charge in [0.15, 0.2) is 0 Å². The fraction of sp³-hybridized carbons (Fsp3) is 0.600. The van der Waals surface area contributed by atoms with Crippen LogP contribution in [0.25, 0.3) is 10.9 Å². The van der Waals surface area contributed by atoms with Crippen molar-refractivity contribution in [2.45, 2.75) is 66.3 Å². The van der Waals surface area contributed by atoms with Gasteiger partial charge >= 0.3 is 0 Å². The molecule has 4 nitrogen and oxygen atoms in total. The van der Waals surface area contributed by atoms with E-state index in [-0.39, 0.29) is 0 Å². The Kier molecular flexibility index (Phi) is 10.2. The summed E-state index contributed by atoms with van der Waals surface area (Å²) in [5.74, 6) is 0. The lowest BCUT2D eigenvalue weighted by Crippen LogP contribution is -2.25. The second-order valence-corrected chi connectivity index (χ2v) is 6.45. The molecule has 0 N–H and O–H groups in total. The maximum Gasteiger partial charge on any atom is 0.298 e. The molecular weight excluding hydrogens is 334 g/mol. The van der Waals surface area contributed by atoms with Crippen molar-refractivity contribution >= 4 is 22.5 Å². The molecule has 0 aliphatic heterocycles. The zero-order valence-corrected chi connectivity index (χ0v) is 17.1. The third kappa shape index (κ3) is 6.35. The topological polar surface area (TPSA) is 39.4 Å². The Balaban J connectivity index is 0.000000970. The van der Waals surface area contributed by atoms with Crippen molar-refractivity contribution in [1.82, 2.24) is 9.55 Å². The van der Waals surface area contributed by atoms with Gasteiger partial charge in [-0.25, -0.2) is 0 Å². The molecule has 140 valence electrons. The number of ether oxygens (including phenoxy) is 1. The fourth-order valence-electron chi connectivity index (χ4n) is 2.36. The number of hydrogen-bond acceptors (Lipinski definition) is 3. The molecule has 0 amide bonds. The Hall–Kier alpha value is -1.55. The van der Waals surface area contributed by atoms with Crippen LogP contribution in [0.3, 0.4) is 0 Å². The van der Waals surface area contributed by atoms with Crippen LogP contribution in [0.5, 0.6) is 6.01 Å². The summed E-state index contributed by atoms with van der Waals surface area (Å²) in [6.45, 7) is 10.1. The first-order valence-electron chi connectivity index (χ1n) is 9.38. The van der Waals surface area contributed by atoms with Gasteiger partial charge in [0.25, 0.3) is 6.01 Å². The Morgan fingerprint density at radius 1 is 1.12 bits per heavy atom. The first-order valence-corrected chi connectivity index (χ1v) is 9.76. The maximum absolute atomic E-state index is 6.14. The number of unbranched alkanes of at least 4 members (excludes halogenated alkanes) is 2. The molecule has 0 bridgehead atoms. The van der Waals surface area contributed by atoms with Crippen molar-refractivity contribution in [3.05, 3.63) is 28.7 Å². The molecule has 0 unspecified atom stereocenters. The van der Waals surface area contributed by atoms with Crippen LogP contribution < -0.4 is 10.2 Å². The van der Waals surface area contributed by atoms with E-state index < -0.39 is 0 Å². The van der Waals surface area contributed by atoms with E-state index in [1.54, 1.807) is 7.05 Å². The molecule has 0 fully saturated rings. The number of halogens is 1. The summed E-state index contributed by atoms with van der Waals surface area (Å²) in [6, 6.07) is 6.34. The molecule has 2 aromatic rings. The third-order valence-corrected chi connectivity index (χ3v) is 3.81. The zero-order chi connectivity index (χ0) is 18.7. The molecule has 2 rings (SSSR count). The highest BCUT2D eigenvalue weighted by molar-refractivity contribution is 6.31. The van der Waals surface area contributed by atoms with Crippen molar-refractivity contribution in [3.8, 4) is 6.01 Å². The summed E-state index contributed by atoms with van der Waals surface area (Å²) >= 11 is 6.14. The average Bonchev–Trinajstić information content (AvgIpc) is 2.60.